The van der Waals surface area contributed by atoms with Gasteiger partial charge in [-0.1, -0.05) is 36.4 Å². The van der Waals surface area contributed by atoms with Crippen LogP contribution in [0, 0.1) is 12.8 Å². The van der Waals surface area contributed by atoms with Gasteiger partial charge < -0.3 is 10.4 Å². The van der Waals surface area contributed by atoms with Gasteiger partial charge in [0.2, 0.25) is 15.9 Å². The largest absolute Gasteiger partial charge is 0.506 e. The first kappa shape index (κ1) is 20.1. The first-order valence-electron chi connectivity index (χ1n) is 9.19. The molecule has 2 aromatic carbocycles. The van der Waals surface area contributed by atoms with Crippen LogP contribution in [0.15, 0.2) is 53.9 Å². The van der Waals surface area contributed by atoms with Gasteiger partial charge in [0, 0.05) is 24.4 Å². The van der Waals surface area contributed by atoms with E-state index in [1.165, 1.54) is 9.71 Å². The molecule has 0 bridgehead atoms. The summed E-state index contributed by atoms with van der Waals surface area (Å²) in [5.41, 5.74) is 2.09. The summed E-state index contributed by atoms with van der Waals surface area (Å²) in [6, 6.07) is 14.3. The Labute approximate surface area is 165 Å². The highest BCUT2D eigenvalue weighted by molar-refractivity contribution is 7.92. The average molecular weight is 401 g/mol. The Balaban J connectivity index is 1.57. The van der Waals surface area contributed by atoms with E-state index in [0.717, 1.165) is 11.1 Å². The van der Waals surface area contributed by atoms with E-state index in [1.54, 1.807) is 18.2 Å². The van der Waals surface area contributed by atoms with Crippen LogP contribution in [0.2, 0.25) is 0 Å². The number of amides is 1. The highest BCUT2D eigenvalue weighted by atomic mass is 32.2. The number of nitrogens with one attached hydrogen (secondary N) is 1. The molecule has 0 aromatic heterocycles. The smallest absolute Gasteiger partial charge is 0.236 e. The zero-order valence-corrected chi connectivity index (χ0v) is 16.5. The lowest BCUT2D eigenvalue weighted by Crippen LogP contribution is -2.40. The monoisotopic (exact) mass is 400 g/mol. The fraction of sp³-hybridized carbons (Fsp3) is 0.286. The van der Waals surface area contributed by atoms with E-state index in [4.69, 9.17) is 0 Å². The highest BCUT2D eigenvalue weighted by Gasteiger charge is 2.30. The molecule has 1 aliphatic rings. The maximum absolute atomic E-state index is 12.5. The third kappa shape index (κ3) is 4.99. The predicted octanol–water partition coefficient (Wildman–Crippen LogP) is 3.35. The first-order valence-corrected chi connectivity index (χ1v) is 10.7. The number of nitrogens with zero attached hydrogens (tertiary/aromatic N) is 1. The molecule has 2 aromatic rings. The Morgan fingerprint density at radius 2 is 1.82 bits per heavy atom. The summed E-state index contributed by atoms with van der Waals surface area (Å²) in [6.45, 7) is 2.44. The van der Waals surface area contributed by atoms with Gasteiger partial charge in [-0.25, -0.2) is 8.42 Å². The number of carbonyl (C=O) groups excluding carboxylic acids is 1. The quantitative estimate of drug-likeness (QED) is 0.754. The van der Waals surface area contributed by atoms with Crippen LogP contribution in [-0.4, -0.2) is 36.8 Å². The highest BCUT2D eigenvalue weighted by Crippen LogP contribution is 2.27. The van der Waals surface area contributed by atoms with Gasteiger partial charge in [-0.2, -0.15) is 4.31 Å². The molecule has 2 N–H and O–H groups in total. The third-order valence-corrected chi connectivity index (χ3v) is 6.39. The van der Waals surface area contributed by atoms with Crippen molar-refractivity contribution >= 4 is 27.7 Å². The molecule has 0 spiro atoms. The van der Waals surface area contributed by atoms with Gasteiger partial charge in [-0.3, -0.25) is 4.79 Å². The number of anilines is 1. The molecule has 0 atom stereocenters. The molecule has 1 amide bonds. The van der Waals surface area contributed by atoms with E-state index in [-0.39, 0.29) is 17.6 Å². The standard InChI is InChI=1S/C21H24N2O4S/c1-16-7-8-19(20(24)15-16)22-21(25)18-9-12-23(13-10-18)28(26,27)14-11-17-5-3-2-4-6-17/h2-8,11,14-15,18,24H,9-10,12-13H2,1H3,(H,22,25)/b14-11+. The molecule has 0 radical (unpaired) electrons. The molecular formula is C21H24N2O4S. The van der Waals surface area contributed by atoms with Crippen molar-refractivity contribution in [1.82, 2.24) is 4.31 Å². The third-order valence-electron chi connectivity index (χ3n) is 4.83. The van der Waals surface area contributed by atoms with Gasteiger partial charge in [0.1, 0.15) is 5.75 Å². The van der Waals surface area contributed by atoms with Crippen molar-refractivity contribution < 1.29 is 18.3 Å². The number of hydrogen-bond acceptors (Lipinski definition) is 4. The number of rotatable bonds is 5. The lowest BCUT2D eigenvalue weighted by Gasteiger charge is -2.29. The minimum absolute atomic E-state index is 0.0272. The van der Waals surface area contributed by atoms with E-state index in [1.807, 2.05) is 43.3 Å². The van der Waals surface area contributed by atoms with Crippen molar-refractivity contribution in [2.24, 2.45) is 5.92 Å². The van der Waals surface area contributed by atoms with Crippen molar-refractivity contribution in [3.8, 4) is 5.75 Å². The van der Waals surface area contributed by atoms with Crippen LogP contribution in [0.25, 0.3) is 6.08 Å². The minimum atomic E-state index is -3.52. The van der Waals surface area contributed by atoms with Crippen LogP contribution in [0.3, 0.4) is 0 Å². The number of phenolic OH excluding ortho intramolecular Hbond substituents is 1. The van der Waals surface area contributed by atoms with Crippen LogP contribution in [0.4, 0.5) is 5.69 Å². The molecule has 148 valence electrons. The molecule has 1 heterocycles. The topological polar surface area (TPSA) is 86.7 Å². The number of aromatic hydroxyl groups is 1. The number of phenols is 1. The molecular weight excluding hydrogens is 376 g/mol. The lowest BCUT2D eigenvalue weighted by molar-refractivity contribution is -0.120. The van der Waals surface area contributed by atoms with Crippen molar-refractivity contribution in [2.45, 2.75) is 19.8 Å². The molecule has 7 heteroatoms. The second-order valence-electron chi connectivity index (χ2n) is 6.94. The normalized spacial score (nSPS) is 16.3. The Kier molecular flexibility index (Phi) is 6.16. The second-order valence-corrected chi connectivity index (χ2v) is 8.76. The van der Waals surface area contributed by atoms with Crippen LogP contribution < -0.4 is 5.32 Å². The van der Waals surface area contributed by atoms with Crippen molar-refractivity contribution in [2.75, 3.05) is 18.4 Å². The van der Waals surface area contributed by atoms with Crippen molar-refractivity contribution in [1.29, 1.82) is 0 Å². The van der Waals surface area contributed by atoms with Crippen molar-refractivity contribution in [3.05, 3.63) is 65.1 Å². The molecule has 28 heavy (non-hydrogen) atoms. The van der Waals surface area contributed by atoms with Crippen LogP contribution in [-0.2, 0) is 14.8 Å². The zero-order valence-electron chi connectivity index (χ0n) is 15.7. The summed E-state index contributed by atoms with van der Waals surface area (Å²) < 4.78 is 26.4. The van der Waals surface area contributed by atoms with Gasteiger partial charge >= 0.3 is 0 Å². The molecule has 1 aliphatic heterocycles. The zero-order chi connectivity index (χ0) is 20.1. The van der Waals surface area contributed by atoms with Gasteiger partial charge in [-0.15, -0.1) is 0 Å². The number of piperidine rings is 1. The van der Waals surface area contributed by atoms with Crippen LogP contribution in [0.5, 0.6) is 5.75 Å². The van der Waals surface area contributed by atoms with E-state index in [0.29, 0.717) is 31.6 Å². The Hall–Kier alpha value is -2.64. The summed E-state index contributed by atoms with van der Waals surface area (Å²) >= 11 is 0. The van der Waals surface area contributed by atoms with Crippen molar-refractivity contribution in [3.63, 3.8) is 0 Å². The second kappa shape index (κ2) is 8.58. The summed E-state index contributed by atoms with van der Waals surface area (Å²) in [4.78, 5) is 12.5. The summed E-state index contributed by atoms with van der Waals surface area (Å²) in [5, 5.41) is 13.9. The Morgan fingerprint density at radius 1 is 1.14 bits per heavy atom. The van der Waals surface area contributed by atoms with E-state index in [9.17, 15) is 18.3 Å². The fourth-order valence-electron chi connectivity index (χ4n) is 3.17. The maximum Gasteiger partial charge on any atom is 0.236 e. The Bertz CT molecular complexity index is 963. The predicted molar refractivity (Wildman–Crippen MR) is 110 cm³/mol. The SMILES string of the molecule is Cc1ccc(NC(=O)C2CCN(S(=O)(=O)/C=C/c3ccccc3)CC2)c(O)c1. The average Bonchev–Trinajstić information content (AvgIpc) is 2.69. The van der Waals surface area contributed by atoms with Crippen LogP contribution >= 0.6 is 0 Å². The fourth-order valence-corrected chi connectivity index (χ4v) is 4.39. The molecule has 0 aliphatic carbocycles. The summed E-state index contributed by atoms with van der Waals surface area (Å²) in [6.07, 6.45) is 2.46. The minimum Gasteiger partial charge on any atom is -0.506 e. The van der Waals surface area contributed by atoms with E-state index in [2.05, 4.69) is 5.32 Å². The number of benzene rings is 2. The lowest BCUT2D eigenvalue weighted by atomic mass is 9.97. The van der Waals surface area contributed by atoms with Gasteiger partial charge in [0.05, 0.1) is 5.69 Å². The number of aryl methyl sites for hydroxylation is 1. The van der Waals surface area contributed by atoms with Gasteiger partial charge in [0.15, 0.2) is 0 Å². The molecule has 1 saturated heterocycles. The number of hydrogen-bond donors (Lipinski definition) is 2. The molecule has 3 rings (SSSR count). The summed E-state index contributed by atoms with van der Waals surface area (Å²) in [7, 11) is -3.52. The first-order chi connectivity index (χ1) is 13.3. The summed E-state index contributed by atoms with van der Waals surface area (Å²) in [5.74, 6) is -0.458. The number of sulfonamides is 1. The van der Waals surface area contributed by atoms with E-state index < -0.39 is 10.0 Å². The van der Waals surface area contributed by atoms with Gasteiger partial charge in [0.25, 0.3) is 0 Å². The van der Waals surface area contributed by atoms with E-state index >= 15 is 0 Å². The number of carbonyl (C=O) groups is 1. The Morgan fingerprint density at radius 3 is 2.46 bits per heavy atom. The van der Waals surface area contributed by atoms with Crippen LogP contribution in [0.1, 0.15) is 24.0 Å². The maximum atomic E-state index is 12.5. The molecule has 1 fully saturated rings. The molecule has 0 saturated carbocycles. The van der Waals surface area contributed by atoms with Gasteiger partial charge in [-0.05, 0) is 49.1 Å². The molecule has 6 nitrogen and oxygen atoms in total. The molecule has 0 unspecified atom stereocenters.